The van der Waals surface area contributed by atoms with Gasteiger partial charge in [0.1, 0.15) is 0 Å². The second-order valence-electron chi connectivity index (χ2n) is 5.28. The van der Waals surface area contributed by atoms with Crippen molar-refractivity contribution in [1.82, 2.24) is 19.6 Å². The van der Waals surface area contributed by atoms with Crippen LogP contribution in [-0.4, -0.2) is 43.5 Å². The highest BCUT2D eigenvalue weighted by atomic mass is 16.6. The van der Waals surface area contributed by atoms with Crippen molar-refractivity contribution in [2.75, 3.05) is 12.4 Å². The van der Waals surface area contributed by atoms with Crippen LogP contribution in [0.1, 0.15) is 35.6 Å². The van der Waals surface area contributed by atoms with E-state index in [1.807, 2.05) is 0 Å². The molecule has 0 aliphatic heterocycles. The van der Waals surface area contributed by atoms with Gasteiger partial charge >= 0.3 is 11.8 Å². The highest BCUT2D eigenvalue weighted by Crippen LogP contribution is 2.22. The van der Waals surface area contributed by atoms with Crippen LogP contribution < -0.4 is 5.32 Å². The number of nitrogens with zero attached hydrogens (tertiary/aromatic N) is 5. The Bertz CT molecular complexity index is 824. The first-order chi connectivity index (χ1) is 11.8. The summed E-state index contributed by atoms with van der Waals surface area (Å²) in [5.41, 5.74) is 0.763. The lowest BCUT2D eigenvalue weighted by Gasteiger charge is -2.14. The molecule has 1 amide bonds. The fraction of sp³-hybridized carbons (Fsp3) is 0.429. The summed E-state index contributed by atoms with van der Waals surface area (Å²) < 4.78 is 7.25. The zero-order valence-corrected chi connectivity index (χ0v) is 14.2. The van der Waals surface area contributed by atoms with Crippen LogP contribution in [0.3, 0.4) is 0 Å². The zero-order valence-electron chi connectivity index (χ0n) is 14.2. The van der Waals surface area contributed by atoms with Crippen LogP contribution >= 0.6 is 0 Å². The molecule has 11 nitrogen and oxygen atoms in total. The third-order valence-electron chi connectivity index (χ3n) is 3.66. The van der Waals surface area contributed by atoms with Crippen molar-refractivity contribution < 1.29 is 19.2 Å². The smallest absolute Gasteiger partial charge is 0.390 e. The molecule has 2 rings (SSSR count). The summed E-state index contributed by atoms with van der Waals surface area (Å²) in [5.74, 6) is -1.45. The molecule has 0 spiro atoms. The number of nitrogens with one attached hydrogen (secondary N) is 1. The molecule has 0 saturated heterocycles. The van der Waals surface area contributed by atoms with Gasteiger partial charge in [-0.15, -0.1) is 0 Å². The van der Waals surface area contributed by atoms with Crippen LogP contribution in [-0.2, 0) is 16.6 Å². The van der Waals surface area contributed by atoms with Gasteiger partial charge in [-0.1, -0.05) is 6.92 Å². The highest BCUT2D eigenvalue weighted by Gasteiger charge is 2.29. The van der Waals surface area contributed by atoms with E-state index in [2.05, 4.69) is 20.3 Å². The van der Waals surface area contributed by atoms with E-state index in [0.29, 0.717) is 12.1 Å². The van der Waals surface area contributed by atoms with Crippen molar-refractivity contribution in [3.63, 3.8) is 0 Å². The largest absolute Gasteiger partial charge is 0.464 e. The van der Waals surface area contributed by atoms with E-state index >= 15 is 0 Å². The topological polar surface area (TPSA) is 134 Å². The number of anilines is 1. The second-order valence-corrected chi connectivity index (χ2v) is 5.28. The number of rotatable bonds is 6. The van der Waals surface area contributed by atoms with Gasteiger partial charge in [0.25, 0.3) is 5.91 Å². The number of amides is 1. The normalized spacial score (nSPS) is 11.8. The fourth-order valence-electron chi connectivity index (χ4n) is 2.43. The molecule has 25 heavy (non-hydrogen) atoms. The first kappa shape index (κ1) is 18.1. The molecule has 1 N–H and O–H groups in total. The summed E-state index contributed by atoms with van der Waals surface area (Å²) in [4.78, 5) is 34.7. The number of esters is 1. The average Bonchev–Trinajstić information content (AvgIpc) is 3.11. The van der Waals surface area contributed by atoms with Gasteiger partial charge in [0, 0.05) is 7.05 Å². The Morgan fingerprint density at radius 3 is 2.68 bits per heavy atom. The molecule has 2 aromatic heterocycles. The van der Waals surface area contributed by atoms with E-state index in [9.17, 15) is 19.7 Å². The molecule has 134 valence electrons. The summed E-state index contributed by atoms with van der Waals surface area (Å²) in [5, 5.41) is 21.3. The predicted octanol–water partition coefficient (Wildman–Crippen LogP) is 1.21. The Labute approximate surface area is 142 Å². The minimum absolute atomic E-state index is 0.0915. The average molecular weight is 350 g/mol. The summed E-state index contributed by atoms with van der Waals surface area (Å²) in [6.07, 6.45) is 1.68. The van der Waals surface area contributed by atoms with E-state index in [1.165, 1.54) is 28.7 Å². The van der Waals surface area contributed by atoms with Crippen LogP contribution in [0, 0.1) is 17.0 Å². The van der Waals surface area contributed by atoms with E-state index in [0.717, 1.165) is 0 Å². The van der Waals surface area contributed by atoms with Crippen LogP contribution in [0.2, 0.25) is 0 Å². The maximum atomic E-state index is 12.6. The number of ether oxygens (including phenoxy) is 1. The van der Waals surface area contributed by atoms with Gasteiger partial charge in [0.2, 0.25) is 0 Å². The fourth-order valence-corrected chi connectivity index (χ4v) is 2.43. The molecule has 1 unspecified atom stereocenters. The molecular weight excluding hydrogens is 332 g/mol. The summed E-state index contributed by atoms with van der Waals surface area (Å²) in [6.45, 7) is 3.38. The van der Waals surface area contributed by atoms with Crippen molar-refractivity contribution in [2.24, 2.45) is 7.05 Å². The Morgan fingerprint density at radius 1 is 1.48 bits per heavy atom. The first-order valence-electron chi connectivity index (χ1n) is 7.41. The maximum Gasteiger partial charge on any atom is 0.390 e. The van der Waals surface area contributed by atoms with Gasteiger partial charge in [-0.05, 0) is 18.3 Å². The molecule has 0 bridgehead atoms. The van der Waals surface area contributed by atoms with Crippen LogP contribution in [0.4, 0.5) is 11.5 Å². The van der Waals surface area contributed by atoms with E-state index in [4.69, 9.17) is 0 Å². The van der Waals surface area contributed by atoms with Gasteiger partial charge in [-0.25, -0.2) is 4.79 Å². The van der Waals surface area contributed by atoms with Crippen LogP contribution in [0.5, 0.6) is 0 Å². The van der Waals surface area contributed by atoms with Gasteiger partial charge in [-0.3, -0.25) is 9.48 Å². The van der Waals surface area contributed by atoms with Gasteiger partial charge in [0.05, 0.1) is 35.9 Å². The number of aromatic nitrogens is 4. The van der Waals surface area contributed by atoms with Crippen LogP contribution in [0.15, 0.2) is 12.3 Å². The zero-order chi connectivity index (χ0) is 18.7. The number of nitro groups is 1. The van der Waals surface area contributed by atoms with Crippen molar-refractivity contribution in [3.05, 3.63) is 33.8 Å². The van der Waals surface area contributed by atoms with E-state index in [-0.39, 0.29) is 17.2 Å². The Kier molecular flexibility index (Phi) is 5.15. The second kappa shape index (κ2) is 7.11. The van der Waals surface area contributed by atoms with Gasteiger partial charge in [-0.2, -0.15) is 9.78 Å². The first-order valence-corrected chi connectivity index (χ1v) is 7.41. The molecule has 0 aromatic carbocycles. The SMILES string of the molecule is CCC(C(=O)Nc1cnn(C)c1C(=O)OC)n1nc([N+](=O)[O-])cc1C. The number of hydrogen-bond donors (Lipinski definition) is 1. The number of aryl methyl sites for hydroxylation is 2. The lowest BCUT2D eigenvalue weighted by Crippen LogP contribution is -2.28. The minimum Gasteiger partial charge on any atom is -0.464 e. The molecule has 11 heteroatoms. The molecule has 0 radical (unpaired) electrons. The minimum atomic E-state index is -0.778. The van der Waals surface area contributed by atoms with Crippen molar-refractivity contribution >= 4 is 23.4 Å². The molecule has 2 aromatic rings. The van der Waals surface area contributed by atoms with Crippen molar-refractivity contribution in [3.8, 4) is 0 Å². The lowest BCUT2D eigenvalue weighted by molar-refractivity contribution is -0.389. The molecule has 2 heterocycles. The third kappa shape index (κ3) is 3.49. The molecule has 1 atom stereocenters. The summed E-state index contributed by atoms with van der Waals surface area (Å²) >= 11 is 0. The Balaban J connectivity index is 2.30. The van der Waals surface area contributed by atoms with Crippen LogP contribution in [0.25, 0.3) is 0 Å². The highest BCUT2D eigenvalue weighted by molar-refractivity contribution is 6.01. The number of carbonyl (C=O) groups is 2. The number of hydrogen-bond acceptors (Lipinski definition) is 7. The monoisotopic (exact) mass is 350 g/mol. The van der Waals surface area contributed by atoms with Crippen molar-refractivity contribution in [1.29, 1.82) is 0 Å². The standard InChI is InChI=1S/C14H18N6O5/c1-5-10(19-8(2)6-11(17-19)20(23)24)13(21)16-9-7-15-18(3)12(9)14(22)25-4/h6-7,10H,5H2,1-4H3,(H,16,21). The maximum absolute atomic E-state index is 12.6. The number of carbonyl (C=O) groups excluding carboxylic acids is 2. The molecular formula is C14H18N6O5. The summed E-state index contributed by atoms with van der Waals surface area (Å²) in [7, 11) is 2.77. The molecule has 0 fully saturated rings. The molecule has 0 saturated carbocycles. The summed E-state index contributed by atoms with van der Waals surface area (Å²) in [6, 6.07) is 0.513. The third-order valence-corrected chi connectivity index (χ3v) is 3.66. The molecule has 0 aliphatic rings. The van der Waals surface area contributed by atoms with Gasteiger partial charge < -0.3 is 20.2 Å². The predicted molar refractivity (Wildman–Crippen MR) is 86.1 cm³/mol. The Morgan fingerprint density at radius 2 is 2.16 bits per heavy atom. The van der Waals surface area contributed by atoms with E-state index in [1.54, 1.807) is 20.9 Å². The van der Waals surface area contributed by atoms with E-state index < -0.39 is 22.8 Å². The molecule has 0 aliphatic carbocycles. The van der Waals surface area contributed by atoms with Gasteiger partial charge in [0.15, 0.2) is 11.7 Å². The number of methoxy groups -OCH3 is 1. The quantitative estimate of drug-likeness (QED) is 0.470. The lowest BCUT2D eigenvalue weighted by atomic mass is 10.2. The Hall–Kier alpha value is -3.24. The van der Waals surface area contributed by atoms with Crippen molar-refractivity contribution in [2.45, 2.75) is 26.3 Å².